The Kier molecular flexibility index (Phi) is 13.3. The molecule has 0 saturated carbocycles. The molecule has 0 bridgehead atoms. The molecule has 5 unspecified atom stereocenters. The van der Waals surface area contributed by atoms with Crippen LogP contribution in [0.25, 0.3) is 0 Å². The Labute approximate surface area is 215 Å². The number of hydrogen-bond acceptors (Lipinski definition) is 8. The third-order valence-electron chi connectivity index (χ3n) is 5.40. The topological polar surface area (TPSA) is 191 Å². The van der Waals surface area contributed by atoms with E-state index in [0.717, 1.165) is 0 Å². The van der Waals surface area contributed by atoms with Crippen molar-refractivity contribution in [2.24, 2.45) is 11.7 Å². The molecule has 0 radical (unpaired) electrons. The average Bonchev–Trinajstić information content (AvgIpc) is 2.80. The molecule has 0 saturated heterocycles. The van der Waals surface area contributed by atoms with Gasteiger partial charge in [0.15, 0.2) is 0 Å². The lowest BCUT2D eigenvalue weighted by molar-refractivity contribution is -0.142. The zero-order chi connectivity index (χ0) is 27.4. The highest BCUT2D eigenvalue weighted by molar-refractivity contribution is 7.98. The molecule has 1 aromatic carbocycles. The van der Waals surface area contributed by atoms with Crippen molar-refractivity contribution in [1.82, 2.24) is 16.0 Å². The lowest BCUT2D eigenvalue weighted by atomic mass is 10.0. The maximum Gasteiger partial charge on any atom is 0.326 e. The van der Waals surface area contributed by atoms with E-state index in [1.807, 2.05) is 20.1 Å². The van der Waals surface area contributed by atoms with E-state index in [4.69, 9.17) is 5.73 Å². The molecule has 8 N–H and O–H groups in total. The number of aliphatic hydroxyl groups excluding tert-OH is 1. The first-order valence-electron chi connectivity index (χ1n) is 11.7. The highest BCUT2D eigenvalue weighted by Gasteiger charge is 2.31. The highest BCUT2D eigenvalue weighted by atomic mass is 32.2. The van der Waals surface area contributed by atoms with Crippen LogP contribution in [0.15, 0.2) is 24.3 Å². The largest absolute Gasteiger partial charge is 0.508 e. The Bertz CT molecular complexity index is 880. The van der Waals surface area contributed by atoms with Crippen molar-refractivity contribution < 1.29 is 34.5 Å². The molecule has 0 aliphatic heterocycles. The number of aliphatic hydroxyl groups is 1. The van der Waals surface area contributed by atoms with Crippen LogP contribution in [0.1, 0.15) is 39.2 Å². The fraction of sp³-hybridized carbons (Fsp3) is 0.583. The van der Waals surface area contributed by atoms with Crippen LogP contribution in [0.5, 0.6) is 5.75 Å². The second-order valence-electron chi connectivity index (χ2n) is 9.07. The summed E-state index contributed by atoms with van der Waals surface area (Å²) in [5.41, 5.74) is 6.30. The lowest BCUT2D eigenvalue weighted by Crippen LogP contribution is -2.58. The summed E-state index contributed by atoms with van der Waals surface area (Å²) >= 11 is 1.46. The third kappa shape index (κ3) is 10.8. The highest BCUT2D eigenvalue weighted by Crippen LogP contribution is 2.13. The number of carbonyl (C=O) groups excluding carboxylic acids is 3. The van der Waals surface area contributed by atoms with Gasteiger partial charge in [-0.3, -0.25) is 14.4 Å². The smallest absolute Gasteiger partial charge is 0.326 e. The van der Waals surface area contributed by atoms with Gasteiger partial charge in [0.05, 0.1) is 6.10 Å². The van der Waals surface area contributed by atoms with Crippen LogP contribution in [0, 0.1) is 5.92 Å². The summed E-state index contributed by atoms with van der Waals surface area (Å²) in [4.78, 5) is 50.3. The van der Waals surface area contributed by atoms with Crippen LogP contribution in [-0.2, 0) is 25.6 Å². The van der Waals surface area contributed by atoms with Crippen molar-refractivity contribution in [3.63, 3.8) is 0 Å². The van der Waals surface area contributed by atoms with Crippen LogP contribution in [0.3, 0.4) is 0 Å². The second-order valence-corrected chi connectivity index (χ2v) is 10.1. The molecule has 0 aliphatic rings. The number of amides is 3. The van der Waals surface area contributed by atoms with Crippen LogP contribution >= 0.6 is 11.8 Å². The van der Waals surface area contributed by atoms with E-state index in [9.17, 15) is 34.5 Å². The van der Waals surface area contributed by atoms with Crippen molar-refractivity contribution in [3.05, 3.63) is 29.8 Å². The molecule has 1 rings (SSSR count). The molecule has 3 amide bonds. The van der Waals surface area contributed by atoms with E-state index in [2.05, 4.69) is 16.0 Å². The van der Waals surface area contributed by atoms with Gasteiger partial charge in [-0.05, 0) is 55.4 Å². The maximum absolute atomic E-state index is 13.2. The Hall–Kier alpha value is -2.83. The molecule has 5 atom stereocenters. The number of carboxylic acid groups (broad SMARTS) is 1. The lowest BCUT2D eigenvalue weighted by Gasteiger charge is -2.26. The Morgan fingerprint density at radius 1 is 0.917 bits per heavy atom. The number of phenolic OH excluding ortho intramolecular Hbond substituents is 1. The number of nitrogens with two attached hydrogens (primary N) is 1. The van der Waals surface area contributed by atoms with Gasteiger partial charge in [0.2, 0.25) is 17.7 Å². The monoisotopic (exact) mass is 526 g/mol. The van der Waals surface area contributed by atoms with Crippen molar-refractivity contribution in [2.75, 3.05) is 12.0 Å². The number of nitrogens with one attached hydrogen (secondary N) is 3. The summed E-state index contributed by atoms with van der Waals surface area (Å²) in [5.74, 6) is -2.70. The molecular weight excluding hydrogens is 488 g/mol. The van der Waals surface area contributed by atoms with Gasteiger partial charge in [0.25, 0.3) is 0 Å². The summed E-state index contributed by atoms with van der Waals surface area (Å²) in [6.45, 7) is 5.01. The van der Waals surface area contributed by atoms with Gasteiger partial charge in [-0.1, -0.05) is 26.0 Å². The van der Waals surface area contributed by atoms with Gasteiger partial charge < -0.3 is 37.0 Å². The maximum atomic E-state index is 13.2. The van der Waals surface area contributed by atoms with Crippen LogP contribution in [0.2, 0.25) is 0 Å². The molecule has 0 aliphatic carbocycles. The van der Waals surface area contributed by atoms with Gasteiger partial charge >= 0.3 is 5.97 Å². The molecule has 36 heavy (non-hydrogen) atoms. The van der Waals surface area contributed by atoms with Crippen molar-refractivity contribution in [2.45, 2.75) is 70.3 Å². The van der Waals surface area contributed by atoms with E-state index in [1.54, 1.807) is 12.1 Å². The third-order valence-corrected chi connectivity index (χ3v) is 6.04. The van der Waals surface area contributed by atoms with E-state index >= 15 is 0 Å². The van der Waals surface area contributed by atoms with Crippen molar-refractivity contribution in [1.29, 1.82) is 0 Å². The quantitative estimate of drug-likeness (QED) is 0.165. The number of rotatable bonds is 15. The summed E-state index contributed by atoms with van der Waals surface area (Å²) in [6.07, 6.45) is 1.16. The zero-order valence-electron chi connectivity index (χ0n) is 21.1. The summed E-state index contributed by atoms with van der Waals surface area (Å²) < 4.78 is 0. The van der Waals surface area contributed by atoms with Crippen molar-refractivity contribution >= 4 is 35.5 Å². The number of phenols is 1. The minimum Gasteiger partial charge on any atom is -0.508 e. The van der Waals surface area contributed by atoms with E-state index < -0.39 is 54.0 Å². The second kappa shape index (κ2) is 15.3. The number of aromatic hydroxyl groups is 1. The number of hydrogen-bond donors (Lipinski definition) is 7. The zero-order valence-corrected chi connectivity index (χ0v) is 21.9. The molecule has 202 valence electrons. The number of benzene rings is 1. The summed E-state index contributed by atoms with van der Waals surface area (Å²) in [5, 5.41) is 36.3. The minimum atomic E-state index is -1.24. The standard InChI is InChI=1S/C24H38N4O7S/c1-13(2)11-19(24(34)35)28-22(32)18(12-15-5-7-16(30)8-6-15)27-21(31)17(9-10-36-4)26-23(33)20(25)14(3)29/h5-8,13-14,17-20,29-30H,9-12,25H2,1-4H3,(H,26,33)(H,27,31)(H,28,32)(H,34,35). The molecule has 0 fully saturated rings. The predicted octanol–water partition coefficient (Wildman–Crippen LogP) is -0.0190. The molecule has 0 heterocycles. The first kappa shape index (κ1) is 31.2. The van der Waals surface area contributed by atoms with Crippen LogP contribution < -0.4 is 21.7 Å². The first-order valence-corrected chi connectivity index (χ1v) is 13.1. The SMILES string of the molecule is CSCCC(NC(=O)C(N)C(C)O)C(=O)NC(Cc1ccc(O)cc1)C(=O)NC(CC(C)C)C(=O)O. The predicted molar refractivity (Wildman–Crippen MR) is 137 cm³/mol. The average molecular weight is 527 g/mol. The van der Waals surface area contributed by atoms with Crippen LogP contribution in [-0.4, -0.2) is 81.3 Å². The number of carbonyl (C=O) groups is 4. The molecule has 1 aromatic rings. The Balaban J connectivity index is 3.15. The van der Waals surface area contributed by atoms with E-state index in [1.165, 1.54) is 30.8 Å². The number of aliphatic carboxylic acids is 1. The minimum absolute atomic E-state index is 0.000742. The fourth-order valence-corrected chi connectivity index (χ4v) is 3.78. The van der Waals surface area contributed by atoms with Gasteiger partial charge in [-0.15, -0.1) is 0 Å². The van der Waals surface area contributed by atoms with E-state index in [0.29, 0.717) is 11.3 Å². The van der Waals surface area contributed by atoms with Gasteiger partial charge in [0, 0.05) is 6.42 Å². The van der Waals surface area contributed by atoms with Crippen LogP contribution in [0.4, 0.5) is 0 Å². The molecule has 0 spiro atoms. The normalized spacial score (nSPS) is 15.3. The summed E-state index contributed by atoms with van der Waals surface area (Å²) in [7, 11) is 0. The first-order chi connectivity index (χ1) is 16.8. The van der Waals surface area contributed by atoms with E-state index in [-0.39, 0.29) is 30.9 Å². The van der Waals surface area contributed by atoms with Gasteiger partial charge in [-0.2, -0.15) is 11.8 Å². The molecule has 0 aromatic heterocycles. The summed E-state index contributed by atoms with van der Waals surface area (Å²) in [6, 6.07) is 1.46. The Morgan fingerprint density at radius 3 is 1.94 bits per heavy atom. The number of thioether (sulfide) groups is 1. The molecular formula is C24H38N4O7S. The van der Waals surface area contributed by atoms with Gasteiger partial charge in [0.1, 0.15) is 29.9 Å². The van der Waals surface area contributed by atoms with Gasteiger partial charge in [-0.25, -0.2) is 4.79 Å². The Morgan fingerprint density at radius 2 is 1.44 bits per heavy atom. The van der Waals surface area contributed by atoms with Crippen molar-refractivity contribution in [3.8, 4) is 5.75 Å². The number of carboxylic acids is 1. The molecule has 12 heteroatoms. The molecule has 11 nitrogen and oxygen atoms in total. The fourth-order valence-electron chi connectivity index (χ4n) is 3.31.